The number of halogens is 4. The molecule has 1 aromatic rings. The van der Waals surface area contributed by atoms with Crippen molar-refractivity contribution in [3.05, 3.63) is 29.3 Å². The minimum absolute atomic E-state index is 0.0206. The molecule has 0 amide bonds. The molecule has 0 N–H and O–H groups in total. The smallest absolute Gasteiger partial charge is 0.389 e. The van der Waals surface area contributed by atoms with Crippen molar-refractivity contribution in [2.45, 2.75) is 32.4 Å². The molecule has 5 heteroatoms. The summed E-state index contributed by atoms with van der Waals surface area (Å²) < 4.78 is 41.5. The first kappa shape index (κ1) is 16.7. The molecule has 0 radical (unpaired) electrons. The summed E-state index contributed by atoms with van der Waals surface area (Å²) >= 11 is 5.54. The number of hydrogen-bond acceptors (Lipinski definition) is 1. The van der Waals surface area contributed by atoms with Crippen LogP contribution >= 0.6 is 11.6 Å². The van der Waals surface area contributed by atoms with Crippen LogP contribution in [0.4, 0.5) is 13.2 Å². The molecule has 0 aliphatic heterocycles. The van der Waals surface area contributed by atoms with E-state index in [1.807, 2.05) is 19.1 Å². The maximum atomic E-state index is 12.0. The van der Waals surface area contributed by atoms with Crippen molar-refractivity contribution in [2.75, 3.05) is 12.5 Å². The maximum absolute atomic E-state index is 12.0. The van der Waals surface area contributed by atoms with Crippen molar-refractivity contribution in [2.24, 2.45) is 0 Å². The summed E-state index contributed by atoms with van der Waals surface area (Å²) in [5.74, 6) is 6.78. The minimum atomic E-state index is -4.14. The summed E-state index contributed by atoms with van der Waals surface area (Å²) in [6.45, 7) is 1.94. The second-order valence-corrected chi connectivity index (χ2v) is 4.69. The van der Waals surface area contributed by atoms with Gasteiger partial charge in [0.15, 0.2) is 0 Å². The Hall–Kier alpha value is -1.34. The highest BCUT2D eigenvalue weighted by Crippen LogP contribution is 2.23. The minimum Gasteiger partial charge on any atom is -0.492 e. The van der Waals surface area contributed by atoms with E-state index in [2.05, 4.69) is 11.8 Å². The van der Waals surface area contributed by atoms with Gasteiger partial charge in [-0.05, 0) is 31.0 Å². The molecule has 0 saturated heterocycles. The van der Waals surface area contributed by atoms with Gasteiger partial charge in [-0.1, -0.05) is 17.9 Å². The third-order valence-electron chi connectivity index (χ3n) is 2.44. The lowest BCUT2D eigenvalue weighted by atomic mass is 10.1. The van der Waals surface area contributed by atoms with Crippen LogP contribution in [0.5, 0.6) is 5.75 Å². The molecule has 1 aromatic carbocycles. The molecule has 20 heavy (non-hydrogen) atoms. The predicted octanol–water partition coefficient (Wildman–Crippen LogP) is 4.70. The topological polar surface area (TPSA) is 9.23 Å². The molecule has 1 nitrogen and oxygen atoms in total. The van der Waals surface area contributed by atoms with E-state index in [0.29, 0.717) is 23.6 Å². The summed E-state index contributed by atoms with van der Waals surface area (Å²) in [5.41, 5.74) is 1.70. The first-order valence-electron chi connectivity index (χ1n) is 6.27. The third-order valence-corrected chi connectivity index (χ3v) is 2.63. The van der Waals surface area contributed by atoms with Crippen molar-refractivity contribution >= 4 is 11.6 Å². The predicted molar refractivity (Wildman–Crippen MR) is 74.2 cm³/mol. The Labute approximate surface area is 122 Å². The highest BCUT2D eigenvalue weighted by atomic mass is 35.5. The number of alkyl halides is 4. The van der Waals surface area contributed by atoms with Gasteiger partial charge in [-0.25, -0.2) is 0 Å². The van der Waals surface area contributed by atoms with Crippen LogP contribution in [0.1, 0.15) is 30.4 Å². The molecule has 0 spiro atoms. The van der Waals surface area contributed by atoms with Gasteiger partial charge in [0, 0.05) is 18.7 Å². The standard InChI is InChI=1S/C15H16ClF3O/c1-12-6-7-14(13(11-12)5-2-3-9-16)20-10-4-8-15(17,18)19/h6-7,11H,3-4,8-10H2,1H3. The van der Waals surface area contributed by atoms with E-state index in [4.69, 9.17) is 16.3 Å². The average molecular weight is 305 g/mol. The van der Waals surface area contributed by atoms with Crippen LogP contribution in [-0.4, -0.2) is 18.7 Å². The van der Waals surface area contributed by atoms with Crippen LogP contribution in [0.15, 0.2) is 18.2 Å². The van der Waals surface area contributed by atoms with Gasteiger partial charge in [0.1, 0.15) is 5.75 Å². The van der Waals surface area contributed by atoms with Gasteiger partial charge >= 0.3 is 6.18 Å². The first-order valence-corrected chi connectivity index (χ1v) is 6.81. The summed E-state index contributed by atoms with van der Waals surface area (Å²) in [6, 6.07) is 5.42. The van der Waals surface area contributed by atoms with E-state index in [1.54, 1.807) is 6.07 Å². The van der Waals surface area contributed by atoms with Crippen molar-refractivity contribution < 1.29 is 17.9 Å². The zero-order valence-corrected chi connectivity index (χ0v) is 11.9. The van der Waals surface area contributed by atoms with Crippen molar-refractivity contribution in [1.29, 1.82) is 0 Å². The zero-order chi connectivity index (χ0) is 15.0. The molecule has 1 rings (SSSR count). The van der Waals surface area contributed by atoms with Gasteiger partial charge in [0.05, 0.1) is 12.2 Å². The number of hydrogen-bond donors (Lipinski definition) is 0. The lowest BCUT2D eigenvalue weighted by molar-refractivity contribution is -0.136. The van der Waals surface area contributed by atoms with E-state index in [-0.39, 0.29) is 13.0 Å². The summed E-state index contributed by atoms with van der Waals surface area (Å²) in [5, 5.41) is 0. The van der Waals surface area contributed by atoms with Crippen LogP contribution in [0.25, 0.3) is 0 Å². The Morgan fingerprint density at radius 3 is 2.70 bits per heavy atom. The highest BCUT2D eigenvalue weighted by Gasteiger charge is 2.26. The van der Waals surface area contributed by atoms with Gasteiger partial charge in [0.2, 0.25) is 0 Å². The summed E-state index contributed by atoms with van der Waals surface area (Å²) in [6.07, 6.45) is -4.49. The fourth-order valence-electron chi connectivity index (χ4n) is 1.53. The second kappa shape index (κ2) is 8.06. The van der Waals surface area contributed by atoms with E-state index < -0.39 is 12.6 Å². The third kappa shape index (κ3) is 6.72. The van der Waals surface area contributed by atoms with Crippen molar-refractivity contribution in [1.82, 2.24) is 0 Å². The van der Waals surface area contributed by atoms with E-state index in [1.165, 1.54) is 0 Å². The normalized spacial score (nSPS) is 10.8. The number of benzene rings is 1. The van der Waals surface area contributed by atoms with E-state index >= 15 is 0 Å². The Balaban J connectivity index is 2.63. The number of aryl methyl sites for hydroxylation is 1. The van der Waals surface area contributed by atoms with Gasteiger partial charge in [-0.3, -0.25) is 0 Å². The zero-order valence-electron chi connectivity index (χ0n) is 11.2. The van der Waals surface area contributed by atoms with Crippen LogP contribution in [0.2, 0.25) is 0 Å². The largest absolute Gasteiger partial charge is 0.492 e. The van der Waals surface area contributed by atoms with Crippen LogP contribution < -0.4 is 4.74 Å². The molecule has 0 atom stereocenters. The molecule has 0 aromatic heterocycles. The van der Waals surface area contributed by atoms with Crippen LogP contribution in [-0.2, 0) is 0 Å². The fraction of sp³-hybridized carbons (Fsp3) is 0.467. The molecule has 0 bridgehead atoms. The molecule has 0 aliphatic rings. The molecule has 0 fully saturated rings. The Kier molecular flexibility index (Phi) is 6.74. The van der Waals surface area contributed by atoms with Crippen LogP contribution in [0, 0.1) is 18.8 Å². The Morgan fingerprint density at radius 2 is 2.05 bits per heavy atom. The number of rotatable bonds is 5. The van der Waals surface area contributed by atoms with Crippen molar-refractivity contribution in [3.8, 4) is 17.6 Å². The van der Waals surface area contributed by atoms with Gasteiger partial charge in [0.25, 0.3) is 0 Å². The maximum Gasteiger partial charge on any atom is 0.389 e. The molecular formula is C15H16ClF3O. The number of ether oxygens (including phenoxy) is 1. The van der Waals surface area contributed by atoms with E-state index in [9.17, 15) is 13.2 Å². The summed E-state index contributed by atoms with van der Waals surface area (Å²) in [7, 11) is 0. The molecule has 110 valence electrons. The van der Waals surface area contributed by atoms with Gasteiger partial charge in [-0.2, -0.15) is 13.2 Å². The monoisotopic (exact) mass is 304 g/mol. The molecule has 0 heterocycles. The fourth-order valence-corrected chi connectivity index (χ4v) is 1.62. The summed E-state index contributed by atoms with van der Waals surface area (Å²) in [4.78, 5) is 0. The van der Waals surface area contributed by atoms with Gasteiger partial charge < -0.3 is 4.74 Å². The molecule has 0 unspecified atom stereocenters. The SMILES string of the molecule is Cc1ccc(OCCCC(F)(F)F)c(C#CCCCl)c1. The van der Waals surface area contributed by atoms with E-state index in [0.717, 1.165) is 5.56 Å². The van der Waals surface area contributed by atoms with Gasteiger partial charge in [-0.15, -0.1) is 11.6 Å². The Morgan fingerprint density at radius 1 is 1.30 bits per heavy atom. The highest BCUT2D eigenvalue weighted by molar-refractivity contribution is 6.18. The Bertz CT molecular complexity index is 486. The lowest BCUT2D eigenvalue weighted by Crippen LogP contribution is -2.10. The second-order valence-electron chi connectivity index (χ2n) is 4.31. The lowest BCUT2D eigenvalue weighted by Gasteiger charge is -2.10. The molecule has 0 saturated carbocycles. The first-order chi connectivity index (χ1) is 9.42. The molecular weight excluding hydrogens is 289 g/mol. The quantitative estimate of drug-likeness (QED) is 0.435. The van der Waals surface area contributed by atoms with Crippen molar-refractivity contribution in [3.63, 3.8) is 0 Å². The average Bonchev–Trinajstić information content (AvgIpc) is 2.36. The van der Waals surface area contributed by atoms with Crippen LogP contribution in [0.3, 0.4) is 0 Å². The molecule has 0 aliphatic carbocycles.